The van der Waals surface area contributed by atoms with E-state index >= 15 is 0 Å². The van der Waals surface area contributed by atoms with Crippen LogP contribution in [0.1, 0.15) is 18.7 Å². The van der Waals surface area contributed by atoms with E-state index in [0.717, 1.165) is 11.2 Å². The molecule has 4 nitrogen and oxygen atoms in total. The van der Waals surface area contributed by atoms with Crippen molar-refractivity contribution in [2.45, 2.75) is 13.0 Å². The number of benzene rings is 1. The van der Waals surface area contributed by atoms with E-state index in [1.165, 1.54) is 11.1 Å². The van der Waals surface area contributed by atoms with Crippen LogP contribution in [0.3, 0.4) is 0 Å². The Balaban J connectivity index is 1.85. The number of aromatic amines is 1. The standard InChI is InChI=1S/C14H16N4/c1-10(14-6-8-16-18(14)2)17-12-3-4-13-11(9-12)5-7-15-13/h3-10,15,17H,1-2H3. The Bertz CT molecular complexity index is 665. The number of anilines is 1. The molecule has 1 aromatic carbocycles. The number of rotatable bonds is 3. The van der Waals surface area contributed by atoms with Crippen LogP contribution in [0.25, 0.3) is 10.9 Å². The largest absolute Gasteiger partial charge is 0.377 e. The van der Waals surface area contributed by atoms with Gasteiger partial charge in [0.1, 0.15) is 0 Å². The molecule has 2 aromatic heterocycles. The predicted molar refractivity (Wildman–Crippen MR) is 73.5 cm³/mol. The SMILES string of the molecule is CC(Nc1ccc2[nH]ccc2c1)c1ccnn1C. The molecule has 3 rings (SSSR count). The van der Waals surface area contributed by atoms with Gasteiger partial charge in [-0.15, -0.1) is 0 Å². The van der Waals surface area contributed by atoms with E-state index in [4.69, 9.17) is 0 Å². The Hall–Kier alpha value is -2.23. The Labute approximate surface area is 106 Å². The molecule has 0 aliphatic carbocycles. The lowest BCUT2D eigenvalue weighted by Gasteiger charge is -2.15. The summed E-state index contributed by atoms with van der Waals surface area (Å²) < 4.78 is 1.90. The van der Waals surface area contributed by atoms with Crippen molar-refractivity contribution in [3.8, 4) is 0 Å². The van der Waals surface area contributed by atoms with E-state index in [1.807, 2.05) is 30.2 Å². The fourth-order valence-corrected chi connectivity index (χ4v) is 2.28. The summed E-state index contributed by atoms with van der Waals surface area (Å²) in [5.74, 6) is 0. The molecule has 18 heavy (non-hydrogen) atoms. The van der Waals surface area contributed by atoms with Gasteiger partial charge in [0.2, 0.25) is 0 Å². The van der Waals surface area contributed by atoms with Crippen molar-refractivity contribution >= 4 is 16.6 Å². The second-order valence-corrected chi connectivity index (χ2v) is 4.53. The third-order valence-corrected chi connectivity index (χ3v) is 3.24. The second-order valence-electron chi connectivity index (χ2n) is 4.53. The van der Waals surface area contributed by atoms with Gasteiger partial charge < -0.3 is 10.3 Å². The summed E-state index contributed by atoms with van der Waals surface area (Å²) in [6, 6.07) is 10.7. The predicted octanol–water partition coefficient (Wildman–Crippen LogP) is 3.07. The van der Waals surface area contributed by atoms with Crippen LogP contribution in [0.4, 0.5) is 5.69 Å². The fourth-order valence-electron chi connectivity index (χ4n) is 2.28. The first-order valence-electron chi connectivity index (χ1n) is 6.05. The molecule has 0 spiro atoms. The van der Waals surface area contributed by atoms with Crippen molar-refractivity contribution in [3.63, 3.8) is 0 Å². The molecular weight excluding hydrogens is 224 g/mol. The number of fused-ring (bicyclic) bond motifs is 1. The quantitative estimate of drug-likeness (QED) is 0.739. The first kappa shape index (κ1) is 10.9. The maximum Gasteiger partial charge on any atom is 0.0653 e. The molecule has 2 heterocycles. The number of aromatic nitrogens is 3. The molecule has 92 valence electrons. The summed E-state index contributed by atoms with van der Waals surface area (Å²) in [5.41, 5.74) is 3.45. The molecule has 0 aliphatic heterocycles. The van der Waals surface area contributed by atoms with Crippen LogP contribution < -0.4 is 5.32 Å². The summed E-state index contributed by atoms with van der Waals surface area (Å²) in [4.78, 5) is 3.19. The zero-order valence-corrected chi connectivity index (χ0v) is 10.5. The molecule has 0 bridgehead atoms. The summed E-state index contributed by atoms with van der Waals surface area (Å²) in [6.45, 7) is 2.14. The Morgan fingerprint density at radius 2 is 2.17 bits per heavy atom. The third-order valence-electron chi connectivity index (χ3n) is 3.24. The smallest absolute Gasteiger partial charge is 0.0653 e. The van der Waals surface area contributed by atoms with E-state index in [2.05, 4.69) is 46.6 Å². The molecule has 0 radical (unpaired) electrons. The average Bonchev–Trinajstić information content (AvgIpc) is 2.96. The number of H-pyrrole nitrogens is 1. The minimum atomic E-state index is 0.230. The van der Waals surface area contributed by atoms with Gasteiger partial charge in [0.25, 0.3) is 0 Å². The van der Waals surface area contributed by atoms with Crippen LogP contribution in [-0.2, 0) is 7.05 Å². The molecule has 0 amide bonds. The van der Waals surface area contributed by atoms with Crippen molar-refractivity contribution in [1.29, 1.82) is 0 Å². The van der Waals surface area contributed by atoms with Crippen LogP contribution in [0.5, 0.6) is 0 Å². The van der Waals surface area contributed by atoms with Gasteiger partial charge in [0.15, 0.2) is 0 Å². The van der Waals surface area contributed by atoms with Gasteiger partial charge in [-0.25, -0.2) is 0 Å². The van der Waals surface area contributed by atoms with Gasteiger partial charge in [0, 0.05) is 36.0 Å². The highest BCUT2D eigenvalue weighted by Gasteiger charge is 2.09. The molecule has 4 heteroatoms. The van der Waals surface area contributed by atoms with Crippen molar-refractivity contribution in [2.75, 3.05) is 5.32 Å². The van der Waals surface area contributed by atoms with Crippen LogP contribution in [0.2, 0.25) is 0 Å². The van der Waals surface area contributed by atoms with Crippen molar-refractivity contribution in [3.05, 3.63) is 48.4 Å². The van der Waals surface area contributed by atoms with Crippen LogP contribution in [0.15, 0.2) is 42.7 Å². The molecule has 0 saturated carbocycles. The molecular formula is C14H16N4. The lowest BCUT2D eigenvalue weighted by molar-refractivity contribution is 0.676. The number of hydrogen-bond donors (Lipinski definition) is 2. The number of nitrogens with one attached hydrogen (secondary N) is 2. The van der Waals surface area contributed by atoms with Crippen LogP contribution >= 0.6 is 0 Å². The molecule has 0 aliphatic rings. The van der Waals surface area contributed by atoms with Crippen LogP contribution in [0, 0.1) is 0 Å². The zero-order valence-electron chi connectivity index (χ0n) is 10.5. The second kappa shape index (κ2) is 4.22. The third kappa shape index (κ3) is 1.86. The normalized spacial score (nSPS) is 12.8. The van der Waals surface area contributed by atoms with Gasteiger partial charge in [0.05, 0.1) is 11.7 Å². The van der Waals surface area contributed by atoms with E-state index < -0.39 is 0 Å². The molecule has 1 atom stereocenters. The topological polar surface area (TPSA) is 45.6 Å². The fraction of sp³-hybridized carbons (Fsp3) is 0.214. The van der Waals surface area contributed by atoms with Gasteiger partial charge in [-0.1, -0.05) is 0 Å². The Morgan fingerprint density at radius 3 is 2.94 bits per heavy atom. The highest BCUT2D eigenvalue weighted by atomic mass is 15.3. The maximum absolute atomic E-state index is 4.19. The highest BCUT2D eigenvalue weighted by molar-refractivity contribution is 5.83. The van der Waals surface area contributed by atoms with E-state index in [0.29, 0.717) is 0 Å². The molecule has 1 unspecified atom stereocenters. The molecule has 0 fully saturated rings. The zero-order chi connectivity index (χ0) is 12.5. The first-order chi connectivity index (χ1) is 8.74. The molecule has 0 saturated heterocycles. The van der Waals surface area contributed by atoms with Gasteiger partial charge in [-0.05, 0) is 37.3 Å². The summed E-state index contributed by atoms with van der Waals surface area (Å²) in [5, 5.41) is 8.90. The molecule has 3 aromatic rings. The number of aryl methyl sites for hydroxylation is 1. The van der Waals surface area contributed by atoms with Gasteiger partial charge >= 0.3 is 0 Å². The number of hydrogen-bond acceptors (Lipinski definition) is 2. The summed E-state index contributed by atoms with van der Waals surface area (Å²) in [6.07, 6.45) is 3.78. The van der Waals surface area contributed by atoms with E-state index in [9.17, 15) is 0 Å². The number of nitrogens with zero attached hydrogens (tertiary/aromatic N) is 2. The lowest BCUT2D eigenvalue weighted by Crippen LogP contribution is -2.11. The van der Waals surface area contributed by atoms with Crippen LogP contribution in [-0.4, -0.2) is 14.8 Å². The lowest BCUT2D eigenvalue weighted by atomic mass is 10.2. The van der Waals surface area contributed by atoms with Crippen molar-refractivity contribution < 1.29 is 0 Å². The minimum absolute atomic E-state index is 0.230. The summed E-state index contributed by atoms with van der Waals surface area (Å²) >= 11 is 0. The maximum atomic E-state index is 4.19. The monoisotopic (exact) mass is 240 g/mol. The van der Waals surface area contributed by atoms with E-state index in [-0.39, 0.29) is 6.04 Å². The minimum Gasteiger partial charge on any atom is -0.377 e. The molecule has 2 N–H and O–H groups in total. The van der Waals surface area contributed by atoms with Crippen molar-refractivity contribution in [1.82, 2.24) is 14.8 Å². The Morgan fingerprint density at radius 1 is 1.28 bits per heavy atom. The summed E-state index contributed by atoms with van der Waals surface area (Å²) in [7, 11) is 1.96. The van der Waals surface area contributed by atoms with Gasteiger partial charge in [-0.2, -0.15) is 5.10 Å². The first-order valence-corrected chi connectivity index (χ1v) is 6.05. The van der Waals surface area contributed by atoms with Gasteiger partial charge in [-0.3, -0.25) is 4.68 Å². The highest BCUT2D eigenvalue weighted by Crippen LogP contribution is 2.22. The Kier molecular flexibility index (Phi) is 2.55. The average molecular weight is 240 g/mol. The van der Waals surface area contributed by atoms with Crippen molar-refractivity contribution in [2.24, 2.45) is 7.05 Å². The van der Waals surface area contributed by atoms with E-state index in [1.54, 1.807) is 0 Å².